The lowest BCUT2D eigenvalue weighted by molar-refractivity contribution is -0.129. The summed E-state index contributed by atoms with van der Waals surface area (Å²) in [6, 6.07) is 7.60. The van der Waals surface area contributed by atoms with E-state index in [0.29, 0.717) is 0 Å². The molecule has 2 amide bonds. The Labute approximate surface area is 146 Å². The van der Waals surface area contributed by atoms with E-state index in [4.69, 9.17) is 0 Å². The molecule has 0 aliphatic heterocycles. The summed E-state index contributed by atoms with van der Waals surface area (Å²) in [7, 11) is 0. The van der Waals surface area contributed by atoms with Crippen LogP contribution in [0.3, 0.4) is 0 Å². The quantitative estimate of drug-likeness (QED) is 0.828. The molecule has 4 nitrogen and oxygen atoms in total. The van der Waals surface area contributed by atoms with Crippen LogP contribution in [0.15, 0.2) is 28.7 Å². The van der Waals surface area contributed by atoms with E-state index in [1.807, 2.05) is 45.0 Å². The highest BCUT2D eigenvalue weighted by atomic mass is 79.9. The van der Waals surface area contributed by atoms with E-state index in [1.54, 1.807) is 0 Å². The van der Waals surface area contributed by atoms with Crippen LogP contribution in [0.25, 0.3) is 0 Å². The van der Waals surface area contributed by atoms with E-state index in [-0.39, 0.29) is 29.2 Å². The first-order valence-electron chi connectivity index (χ1n) is 8.13. The van der Waals surface area contributed by atoms with Crippen LogP contribution in [0.2, 0.25) is 0 Å². The molecule has 0 unspecified atom stereocenters. The minimum Gasteiger partial charge on any atom is -0.351 e. The first kappa shape index (κ1) is 18.0. The molecule has 1 aromatic rings. The zero-order valence-corrected chi connectivity index (χ0v) is 15.6. The molecule has 0 bridgehead atoms. The topological polar surface area (TPSA) is 58.2 Å². The smallest absolute Gasteiger partial charge is 0.227 e. The maximum Gasteiger partial charge on any atom is 0.227 e. The molecule has 1 saturated carbocycles. The van der Waals surface area contributed by atoms with E-state index in [9.17, 15) is 9.59 Å². The molecule has 1 aliphatic carbocycles. The predicted octanol–water partition coefficient (Wildman–Crippen LogP) is 4.11. The molecule has 1 aromatic carbocycles. The fraction of sp³-hybridized carbons (Fsp3) is 0.556. The summed E-state index contributed by atoms with van der Waals surface area (Å²) < 4.78 is 0.881. The molecule has 1 aliphatic rings. The largest absolute Gasteiger partial charge is 0.351 e. The molecule has 0 radical (unpaired) electrons. The predicted molar refractivity (Wildman–Crippen MR) is 96.1 cm³/mol. The van der Waals surface area contributed by atoms with Crippen molar-refractivity contribution in [3.63, 3.8) is 0 Å². The minimum absolute atomic E-state index is 0.0132. The van der Waals surface area contributed by atoms with Crippen LogP contribution in [0, 0.1) is 11.8 Å². The Morgan fingerprint density at radius 1 is 1.00 bits per heavy atom. The van der Waals surface area contributed by atoms with Crippen LogP contribution in [-0.2, 0) is 9.59 Å². The van der Waals surface area contributed by atoms with Crippen molar-refractivity contribution in [1.29, 1.82) is 0 Å². The molecule has 0 saturated heterocycles. The van der Waals surface area contributed by atoms with E-state index in [1.165, 1.54) is 0 Å². The van der Waals surface area contributed by atoms with Crippen molar-refractivity contribution in [3.05, 3.63) is 28.7 Å². The summed E-state index contributed by atoms with van der Waals surface area (Å²) in [5.74, 6) is 0.177. The number of halogens is 1. The van der Waals surface area contributed by atoms with Crippen LogP contribution in [0.4, 0.5) is 5.69 Å². The monoisotopic (exact) mass is 380 g/mol. The Bertz CT molecular complexity index is 573. The van der Waals surface area contributed by atoms with Crippen molar-refractivity contribution < 1.29 is 9.59 Å². The molecule has 23 heavy (non-hydrogen) atoms. The average Bonchev–Trinajstić information content (AvgIpc) is 2.48. The van der Waals surface area contributed by atoms with Gasteiger partial charge in [-0.05, 0) is 74.5 Å². The number of benzene rings is 1. The maximum atomic E-state index is 12.4. The van der Waals surface area contributed by atoms with Crippen molar-refractivity contribution in [3.8, 4) is 0 Å². The molecule has 2 N–H and O–H groups in total. The van der Waals surface area contributed by atoms with Crippen LogP contribution < -0.4 is 10.6 Å². The number of anilines is 1. The normalized spacial score (nSPS) is 21.6. The van der Waals surface area contributed by atoms with Gasteiger partial charge in [0.1, 0.15) is 0 Å². The molecular weight excluding hydrogens is 356 g/mol. The Hall–Kier alpha value is -1.36. The van der Waals surface area contributed by atoms with E-state index >= 15 is 0 Å². The van der Waals surface area contributed by atoms with Gasteiger partial charge in [-0.3, -0.25) is 9.59 Å². The zero-order chi connectivity index (χ0) is 17.0. The summed E-state index contributed by atoms with van der Waals surface area (Å²) >= 11 is 3.44. The molecule has 0 atom stereocenters. The summed E-state index contributed by atoms with van der Waals surface area (Å²) in [6.07, 6.45) is 3.07. The molecule has 2 rings (SSSR count). The average molecular weight is 381 g/mol. The highest BCUT2D eigenvalue weighted by molar-refractivity contribution is 9.10. The van der Waals surface area contributed by atoms with Crippen molar-refractivity contribution in [2.75, 3.05) is 5.32 Å². The molecule has 1 fully saturated rings. The minimum atomic E-state index is -0.203. The number of rotatable bonds is 3. The highest BCUT2D eigenvalue weighted by Crippen LogP contribution is 2.31. The number of carbonyl (C=O) groups is 2. The number of hydrogen-bond acceptors (Lipinski definition) is 2. The van der Waals surface area contributed by atoms with Crippen LogP contribution in [0.5, 0.6) is 0 Å². The Morgan fingerprint density at radius 2 is 1.52 bits per heavy atom. The Kier molecular flexibility index (Phi) is 5.84. The molecular formula is C18H25BrN2O2. The summed E-state index contributed by atoms with van der Waals surface area (Å²) in [6.45, 7) is 5.96. The number of amides is 2. The second-order valence-electron chi connectivity index (χ2n) is 7.26. The van der Waals surface area contributed by atoms with Gasteiger partial charge in [0.05, 0.1) is 5.69 Å². The highest BCUT2D eigenvalue weighted by Gasteiger charge is 2.31. The first-order valence-corrected chi connectivity index (χ1v) is 8.93. The number of para-hydroxylation sites is 1. The van der Waals surface area contributed by atoms with Gasteiger partial charge >= 0.3 is 0 Å². The number of carbonyl (C=O) groups excluding carboxylic acids is 2. The van der Waals surface area contributed by atoms with Crippen molar-refractivity contribution in [2.45, 2.75) is 52.0 Å². The van der Waals surface area contributed by atoms with Gasteiger partial charge in [-0.1, -0.05) is 12.1 Å². The second-order valence-corrected chi connectivity index (χ2v) is 8.11. The van der Waals surface area contributed by atoms with Gasteiger partial charge in [-0.15, -0.1) is 0 Å². The van der Waals surface area contributed by atoms with Gasteiger partial charge in [-0.2, -0.15) is 0 Å². The zero-order valence-electron chi connectivity index (χ0n) is 14.0. The fourth-order valence-electron chi connectivity index (χ4n) is 2.89. The summed E-state index contributed by atoms with van der Waals surface area (Å²) in [4.78, 5) is 24.6. The lowest BCUT2D eigenvalue weighted by atomic mass is 9.81. The van der Waals surface area contributed by atoms with Gasteiger partial charge < -0.3 is 10.6 Å². The molecule has 126 valence electrons. The van der Waals surface area contributed by atoms with Gasteiger partial charge in [0.2, 0.25) is 11.8 Å². The van der Waals surface area contributed by atoms with E-state index in [0.717, 1.165) is 35.8 Å². The van der Waals surface area contributed by atoms with Crippen LogP contribution >= 0.6 is 15.9 Å². The maximum absolute atomic E-state index is 12.4. The lowest BCUT2D eigenvalue weighted by Crippen LogP contribution is -2.45. The Morgan fingerprint density at radius 3 is 2.04 bits per heavy atom. The van der Waals surface area contributed by atoms with E-state index < -0.39 is 0 Å². The third-order valence-electron chi connectivity index (χ3n) is 4.10. The molecule has 5 heteroatoms. The fourth-order valence-corrected chi connectivity index (χ4v) is 3.27. The number of hydrogen-bond donors (Lipinski definition) is 2. The third kappa shape index (κ3) is 5.34. The molecule has 0 spiro atoms. The lowest BCUT2D eigenvalue weighted by Gasteiger charge is -2.30. The molecule has 0 aromatic heterocycles. The van der Waals surface area contributed by atoms with E-state index in [2.05, 4.69) is 26.6 Å². The SMILES string of the molecule is CC(C)(C)NC(=O)C1CCC(C(=O)Nc2ccccc2Br)CC1. The van der Waals surface area contributed by atoms with Gasteiger partial charge in [0.15, 0.2) is 0 Å². The van der Waals surface area contributed by atoms with Gasteiger partial charge in [-0.25, -0.2) is 0 Å². The van der Waals surface area contributed by atoms with Gasteiger partial charge in [0, 0.05) is 21.8 Å². The summed E-state index contributed by atoms with van der Waals surface area (Å²) in [5.41, 5.74) is 0.593. The van der Waals surface area contributed by atoms with Crippen LogP contribution in [-0.4, -0.2) is 17.4 Å². The Balaban J connectivity index is 1.85. The van der Waals surface area contributed by atoms with Crippen molar-refractivity contribution >= 4 is 33.4 Å². The first-order chi connectivity index (χ1) is 10.8. The molecule has 0 heterocycles. The third-order valence-corrected chi connectivity index (χ3v) is 4.79. The van der Waals surface area contributed by atoms with Crippen molar-refractivity contribution in [1.82, 2.24) is 5.32 Å². The number of nitrogens with one attached hydrogen (secondary N) is 2. The standard InChI is InChI=1S/C18H25BrN2O2/c1-18(2,3)21-17(23)13-10-8-12(9-11-13)16(22)20-15-7-5-4-6-14(15)19/h4-7,12-13H,8-11H2,1-3H3,(H,20,22)(H,21,23). The second kappa shape index (κ2) is 7.47. The van der Waals surface area contributed by atoms with Crippen molar-refractivity contribution in [2.24, 2.45) is 11.8 Å². The van der Waals surface area contributed by atoms with Gasteiger partial charge in [0.25, 0.3) is 0 Å². The van der Waals surface area contributed by atoms with Crippen LogP contribution in [0.1, 0.15) is 46.5 Å². The summed E-state index contributed by atoms with van der Waals surface area (Å²) in [5, 5.41) is 6.01.